The second kappa shape index (κ2) is 5.26. The van der Waals surface area contributed by atoms with Crippen molar-refractivity contribution in [3.8, 4) is 11.1 Å². The van der Waals surface area contributed by atoms with E-state index in [1.807, 2.05) is 13.8 Å². The molecule has 0 heterocycles. The molecule has 2 rings (SSSR count). The molecule has 2 aromatic carbocycles. The van der Waals surface area contributed by atoms with E-state index >= 15 is 0 Å². The van der Waals surface area contributed by atoms with E-state index in [9.17, 15) is 0 Å². The van der Waals surface area contributed by atoms with Crippen LogP contribution in [0.2, 0.25) is 0 Å². The van der Waals surface area contributed by atoms with Crippen LogP contribution >= 0.6 is 11.6 Å². The third-order valence-electron chi connectivity index (χ3n) is 3.66. The molecule has 0 saturated carbocycles. The minimum Gasteiger partial charge on any atom is -0.115 e. The van der Waals surface area contributed by atoms with Crippen LogP contribution in [-0.2, 0) is 10.3 Å². The Kier molecular flexibility index (Phi) is 3.97. The highest BCUT2D eigenvalue weighted by atomic mass is 35.5. The molecule has 0 aromatic heterocycles. The van der Waals surface area contributed by atoms with Crippen molar-refractivity contribution in [1.82, 2.24) is 0 Å². The van der Waals surface area contributed by atoms with E-state index in [0.717, 1.165) is 5.56 Å². The molecular weight excluding hydrogens is 264 g/mol. The smallest absolute Gasteiger partial charge is 0.0638 e. The van der Waals surface area contributed by atoms with Gasteiger partial charge in [-0.1, -0.05) is 69.3 Å². The van der Waals surface area contributed by atoms with Gasteiger partial charge in [-0.05, 0) is 41.5 Å². The fraction of sp³-hybridized carbons (Fsp3) is 0.368. The lowest BCUT2D eigenvalue weighted by atomic mass is 9.86. The minimum atomic E-state index is -0.311. The van der Waals surface area contributed by atoms with E-state index in [1.54, 1.807) is 0 Å². The predicted octanol–water partition coefficient (Wildman–Crippen LogP) is 6.13. The van der Waals surface area contributed by atoms with Crippen LogP contribution in [-0.4, -0.2) is 0 Å². The van der Waals surface area contributed by atoms with Crippen LogP contribution in [0.3, 0.4) is 0 Å². The molecule has 20 heavy (non-hydrogen) atoms. The van der Waals surface area contributed by atoms with Crippen LogP contribution in [0.25, 0.3) is 11.1 Å². The van der Waals surface area contributed by atoms with Crippen molar-refractivity contribution in [1.29, 1.82) is 0 Å². The standard InChI is InChI=1S/C19H23Cl/c1-18(2,3)16-10-6-14(7-11-16)15-8-12-17(13-9-15)19(4,5)20/h6-13H,1-5H3. The quantitative estimate of drug-likeness (QED) is 0.583. The number of hydrogen-bond donors (Lipinski definition) is 0. The average molecular weight is 287 g/mol. The maximum Gasteiger partial charge on any atom is 0.0638 e. The predicted molar refractivity (Wildman–Crippen MR) is 89.5 cm³/mol. The molecule has 2 aromatic rings. The first-order chi connectivity index (χ1) is 9.18. The lowest BCUT2D eigenvalue weighted by molar-refractivity contribution is 0.590. The third kappa shape index (κ3) is 3.43. The van der Waals surface area contributed by atoms with E-state index in [2.05, 4.69) is 69.3 Å². The van der Waals surface area contributed by atoms with E-state index < -0.39 is 0 Å². The zero-order valence-electron chi connectivity index (χ0n) is 13.0. The normalized spacial score (nSPS) is 12.5. The molecule has 0 N–H and O–H groups in total. The SMILES string of the molecule is CC(C)(C)c1ccc(-c2ccc(C(C)(C)Cl)cc2)cc1. The molecule has 0 amide bonds. The molecule has 0 saturated heterocycles. The maximum atomic E-state index is 6.33. The van der Waals surface area contributed by atoms with Gasteiger partial charge in [0.25, 0.3) is 0 Å². The van der Waals surface area contributed by atoms with Gasteiger partial charge in [0.1, 0.15) is 0 Å². The van der Waals surface area contributed by atoms with Gasteiger partial charge in [0.2, 0.25) is 0 Å². The first kappa shape index (κ1) is 15.1. The Morgan fingerprint density at radius 3 is 1.25 bits per heavy atom. The van der Waals surface area contributed by atoms with Crippen LogP contribution in [0.4, 0.5) is 0 Å². The number of benzene rings is 2. The molecule has 0 fully saturated rings. The van der Waals surface area contributed by atoms with E-state index in [1.165, 1.54) is 16.7 Å². The summed E-state index contributed by atoms with van der Waals surface area (Å²) in [5, 5.41) is 0. The first-order valence-electron chi connectivity index (χ1n) is 7.08. The summed E-state index contributed by atoms with van der Waals surface area (Å²) in [6.07, 6.45) is 0. The monoisotopic (exact) mass is 286 g/mol. The summed E-state index contributed by atoms with van der Waals surface area (Å²) in [4.78, 5) is -0.311. The molecular formula is C19H23Cl. The second-order valence-electron chi connectivity index (χ2n) is 6.88. The van der Waals surface area contributed by atoms with Gasteiger partial charge in [-0.15, -0.1) is 11.6 Å². The van der Waals surface area contributed by atoms with Gasteiger partial charge in [0.05, 0.1) is 4.87 Å². The number of hydrogen-bond acceptors (Lipinski definition) is 0. The molecule has 0 aliphatic carbocycles. The van der Waals surface area contributed by atoms with Gasteiger partial charge in [-0.25, -0.2) is 0 Å². The van der Waals surface area contributed by atoms with Crippen LogP contribution < -0.4 is 0 Å². The molecule has 0 aliphatic rings. The molecule has 0 radical (unpaired) electrons. The zero-order valence-corrected chi connectivity index (χ0v) is 13.8. The molecule has 0 unspecified atom stereocenters. The summed E-state index contributed by atoms with van der Waals surface area (Å²) in [5.41, 5.74) is 5.19. The van der Waals surface area contributed by atoms with Crippen molar-refractivity contribution >= 4 is 11.6 Å². The summed E-state index contributed by atoms with van der Waals surface area (Å²) in [6.45, 7) is 10.7. The number of alkyl halides is 1. The van der Waals surface area contributed by atoms with Crippen LogP contribution in [0.5, 0.6) is 0 Å². The van der Waals surface area contributed by atoms with Crippen molar-refractivity contribution in [3.05, 3.63) is 59.7 Å². The number of halogens is 1. The van der Waals surface area contributed by atoms with Gasteiger partial charge in [-0.3, -0.25) is 0 Å². The highest BCUT2D eigenvalue weighted by molar-refractivity contribution is 6.23. The molecule has 0 atom stereocenters. The Hall–Kier alpha value is -1.27. The minimum absolute atomic E-state index is 0.199. The van der Waals surface area contributed by atoms with Crippen LogP contribution in [0.15, 0.2) is 48.5 Å². The Bertz CT molecular complexity index is 508. The van der Waals surface area contributed by atoms with Gasteiger partial charge >= 0.3 is 0 Å². The largest absolute Gasteiger partial charge is 0.115 e. The molecule has 1 heteroatoms. The van der Waals surface area contributed by atoms with E-state index in [0.29, 0.717) is 0 Å². The second-order valence-corrected chi connectivity index (χ2v) is 7.82. The highest BCUT2D eigenvalue weighted by Gasteiger charge is 2.16. The third-order valence-corrected chi connectivity index (χ3v) is 3.87. The summed E-state index contributed by atoms with van der Waals surface area (Å²) < 4.78 is 0. The fourth-order valence-corrected chi connectivity index (χ4v) is 2.35. The van der Waals surface area contributed by atoms with Crippen molar-refractivity contribution in [3.63, 3.8) is 0 Å². The Morgan fingerprint density at radius 1 is 0.600 bits per heavy atom. The molecule has 0 spiro atoms. The fourth-order valence-electron chi connectivity index (χ4n) is 2.22. The lowest BCUT2D eigenvalue weighted by Crippen LogP contribution is -2.10. The molecule has 106 valence electrons. The van der Waals surface area contributed by atoms with Gasteiger partial charge in [0.15, 0.2) is 0 Å². The van der Waals surface area contributed by atoms with Crippen molar-refractivity contribution in [2.75, 3.05) is 0 Å². The molecule has 0 nitrogen and oxygen atoms in total. The summed E-state index contributed by atoms with van der Waals surface area (Å²) in [5.74, 6) is 0. The van der Waals surface area contributed by atoms with E-state index in [-0.39, 0.29) is 10.3 Å². The van der Waals surface area contributed by atoms with Gasteiger partial charge in [-0.2, -0.15) is 0 Å². The summed E-state index contributed by atoms with van der Waals surface area (Å²) >= 11 is 6.33. The average Bonchev–Trinajstić information content (AvgIpc) is 2.37. The molecule has 0 aliphatic heterocycles. The topological polar surface area (TPSA) is 0 Å². The summed E-state index contributed by atoms with van der Waals surface area (Å²) in [6, 6.07) is 17.3. The zero-order chi connectivity index (χ0) is 15.0. The molecule has 0 bridgehead atoms. The highest BCUT2D eigenvalue weighted by Crippen LogP contribution is 2.30. The number of rotatable bonds is 2. The van der Waals surface area contributed by atoms with Gasteiger partial charge in [0, 0.05) is 0 Å². The van der Waals surface area contributed by atoms with Crippen molar-refractivity contribution < 1.29 is 0 Å². The lowest BCUT2D eigenvalue weighted by Gasteiger charge is -2.19. The van der Waals surface area contributed by atoms with Gasteiger partial charge < -0.3 is 0 Å². The van der Waals surface area contributed by atoms with E-state index in [4.69, 9.17) is 11.6 Å². The van der Waals surface area contributed by atoms with Crippen LogP contribution in [0.1, 0.15) is 45.7 Å². The Balaban J connectivity index is 2.29. The van der Waals surface area contributed by atoms with Crippen LogP contribution in [0, 0.1) is 0 Å². The first-order valence-corrected chi connectivity index (χ1v) is 7.46. The maximum absolute atomic E-state index is 6.33. The Labute approximate surface area is 127 Å². The summed E-state index contributed by atoms with van der Waals surface area (Å²) in [7, 11) is 0. The van der Waals surface area contributed by atoms with Crippen molar-refractivity contribution in [2.24, 2.45) is 0 Å². The Morgan fingerprint density at radius 2 is 0.950 bits per heavy atom. The van der Waals surface area contributed by atoms with Crippen molar-refractivity contribution in [2.45, 2.75) is 44.9 Å².